The summed E-state index contributed by atoms with van der Waals surface area (Å²) in [4.78, 5) is 24.3. The Kier molecular flexibility index (Phi) is 7.65. The highest BCUT2D eigenvalue weighted by molar-refractivity contribution is 8.18. The lowest BCUT2D eigenvalue weighted by molar-refractivity contribution is -0.122. The summed E-state index contributed by atoms with van der Waals surface area (Å²) >= 11 is 9.46. The largest absolute Gasteiger partial charge is 0.497 e. The van der Waals surface area contributed by atoms with Crippen molar-refractivity contribution >= 4 is 63.1 Å². The number of hydrogen-bond donors (Lipinski definition) is 0. The molecule has 0 bridgehead atoms. The Bertz CT molecular complexity index is 1440. The molecule has 0 atom stereocenters. The van der Waals surface area contributed by atoms with Gasteiger partial charge in [-0.3, -0.25) is 9.69 Å². The van der Waals surface area contributed by atoms with Crippen molar-refractivity contribution in [2.75, 3.05) is 25.1 Å². The zero-order valence-electron chi connectivity index (χ0n) is 20.8. The number of para-hydroxylation sites is 1. The fraction of sp³-hybridized carbons (Fsp3) is 0.172. The number of rotatable bonds is 6. The molecule has 0 aliphatic carbocycles. The Hall–Kier alpha value is -3.13. The normalized spacial score (nSPS) is 18.6. The fourth-order valence-corrected chi connectivity index (χ4v) is 6.75. The molecule has 2 heterocycles. The van der Waals surface area contributed by atoms with Gasteiger partial charge in [-0.15, -0.1) is 0 Å². The zero-order valence-corrected chi connectivity index (χ0v) is 23.2. The van der Waals surface area contributed by atoms with Crippen LogP contribution < -0.4 is 9.64 Å². The molecule has 188 valence electrons. The molecule has 5 nitrogen and oxygen atoms in total. The SMILES string of the molecule is CCN1C(=O)C(=C(C=C2Sc3cc(OC)ccc3N2CC)c2ccccc2)SC1=Nc1ccccc1Cl. The summed E-state index contributed by atoms with van der Waals surface area (Å²) in [5.41, 5.74) is 3.63. The van der Waals surface area contributed by atoms with E-state index in [2.05, 4.69) is 30.0 Å². The predicted molar refractivity (Wildman–Crippen MR) is 157 cm³/mol. The summed E-state index contributed by atoms with van der Waals surface area (Å²) in [5.74, 6) is 0.768. The van der Waals surface area contributed by atoms with Gasteiger partial charge in [0.05, 0.1) is 33.4 Å². The van der Waals surface area contributed by atoms with E-state index in [-0.39, 0.29) is 5.91 Å². The maximum Gasteiger partial charge on any atom is 0.267 e. The third-order valence-electron chi connectivity index (χ3n) is 6.10. The van der Waals surface area contributed by atoms with Gasteiger partial charge in [-0.2, -0.15) is 0 Å². The topological polar surface area (TPSA) is 45.1 Å². The molecule has 37 heavy (non-hydrogen) atoms. The number of allylic oxidation sites excluding steroid dienone is 2. The van der Waals surface area contributed by atoms with Gasteiger partial charge in [0, 0.05) is 23.6 Å². The first-order valence-electron chi connectivity index (χ1n) is 12.0. The van der Waals surface area contributed by atoms with Gasteiger partial charge in [0.25, 0.3) is 5.91 Å². The Morgan fingerprint density at radius 1 is 0.973 bits per heavy atom. The number of amidine groups is 1. The van der Waals surface area contributed by atoms with E-state index < -0.39 is 0 Å². The molecule has 0 N–H and O–H groups in total. The van der Waals surface area contributed by atoms with Crippen LogP contribution in [0, 0.1) is 0 Å². The minimum absolute atomic E-state index is 0.0563. The highest BCUT2D eigenvalue weighted by Crippen LogP contribution is 2.49. The minimum atomic E-state index is -0.0563. The summed E-state index contributed by atoms with van der Waals surface area (Å²) in [6.45, 7) is 5.40. The fourth-order valence-electron chi connectivity index (χ4n) is 4.24. The first-order chi connectivity index (χ1) is 18.0. The number of carbonyl (C=O) groups excluding carboxylic acids is 1. The number of halogens is 1. The van der Waals surface area contributed by atoms with Crippen LogP contribution in [0.4, 0.5) is 11.4 Å². The lowest BCUT2D eigenvalue weighted by Crippen LogP contribution is -2.28. The van der Waals surface area contributed by atoms with Gasteiger partial charge in [-0.1, -0.05) is 65.8 Å². The van der Waals surface area contributed by atoms with Crippen LogP contribution in [-0.4, -0.2) is 36.2 Å². The second kappa shape index (κ2) is 11.1. The quantitative estimate of drug-likeness (QED) is 0.294. The van der Waals surface area contributed by atoms with E-state index in [0.29, 0.717) is 27.3 Å². The molecule has 2 aliphatic heterocycles. The van der Waals surface area contributed by atoms with E-state index in [9.17, 15) is 4.79 Å². The first-order valence-corrected chi connectivity index (χ1v) is 14.0. The van der Waals surface area contributed by atoms with Gasteiger partial charge in [0.2, 0.25) is 0 Å². The van der Waals surface area contributed by atoms with Crippen LogP contribution in [0.5, 0.6) is 5.75 Å². The average Bonchev–Trinajstić information content (AvgIpc) is 3.44. The lowest BCUT2D eigenvalue weighted by Gasteiger charge is -2.19. The number of likely N-dealkylation sites (N-methyl/N-ethyl adjacent to an activating group) is 1. The lowest BCUT2D eigenvalue weighted by atomic mass is 10.0. The van der Waals surface area contributed by atoms with E-state index in [1.807, 2.05) is 61.5 Å². The molecular formula is C29H26ClN3O2S2. The van der Waals surface area contributed by atoms with Crippen molar-refractivity contribution in [2.45, 2.75) is 18.7 Å². The minimum Gasteiger partial charge on any atom is -0.497 e. The maximum absolute atomic E-state index is 13.7. The van der Waals surface area contributed by atoms with Crippen LogP contribution in [0.3, 0.4) is 0 Å². The van der Waals surface area contributed by atoms with Crippen LogP contribution >= 0.6 is 35.1 Å². The Labute approximate surface area is 230 Å². The van der Waals surface area contributed by atoms with Crippen LogP contribution in [0.25, 0.3) is 5.57 Å². The average molecular weight is 548 g/mol. The summed E-state index contributed by atoms with van der Waals surface area (Å²) in [5, 5.41) is 2.24. The molecule has 3 aromatic carbocycles. The van der Waals surface area contributed by atoms with Gasteiger partial charge < -0.3 is 9.64 Å². The number of carbonyl (C=O) groups is 1. The van der Waals surface area contributed by atoms with Crippen LogP contribution in [-0.2, 0) is 4.79 Å². The third-order valence-corrected chi connectivity index (χ3v) is 8.61. The molecule has 5 rings (SSSR count). The highest BCUT2D eigenvalue weighted by Gasteiger charge is 2.35. The molecule has 0 saturated carbocycles. The van der Waals surface area contributed by atoms with E-state index in [1.54, 1.807) is 29.8 Å². The number of ether oxygens (including phenoxy) is 1. The van der Waals surface area contributed by atoms with Gasteiger partial charge >= 0.3 is 0 Å². The number of aliphatic imine (C=N–C) groups is 1. The van der Waals surface area contributed by atoms with E-state index >= 15 is 0 Å². The molecule has 8 heteroatoms. The number of methoxy groups -OCH3 is 1. The predicted octanol–water partition coefficient (Wildman–Crippen LogP) is 7.82. The molecule has 0 aromatic heterocycles. The first kappa shape index (κ1) is 25.5. The number of hydrogen-bond acceptors (Lipinski definition) is 6. The number of anilines is 1. The smallest absolute Gasteiger partial charge is 0.267 e. The van der Waals surface area contributed by atoms with Crippen molar-refractivity contribution in [2.24, 2.45) is 4.99 Å². The third kappa shape index (κ3) is 5.04. The number of amides is 1. The number of benzene rings is 3. The van der Waals surface area contributed by atoms with Crippen molar-refractivity contribution in [1.29, 1.82) is 0 Å². The van der Waals surface area contributed by atoms with E-state index in [1.165, 1.54) is 11.8 Å². The monoisotopic (exact) mass is 547 g/mol. The van der Waals surface area contributed by atoms with Crippen molar-refractivity contribution in [3.05, 3.63) is 99.4 Å². The number of fused-ring (bicyclic) bond motifs is 1. The van der Waals surface area contributed by atoms with Gasteiger partial charge in [-0.05, 0) is 67.6 Å². The van der Waals surface area contributed by atoms with Gasteiger partial charge in [-0.25, -0.2) is 4.99 Å². The molecule has 1 amide bonds. The van der Waals surface area contributed by atoms with Crippen LogP contribution in [0.15, 0.2) is 98.7 Å². The van der Waals surface area contributed by atoms with Crippen molar-refractivity contribution in [3.8, 4) is 5.75 Å². The molecule has 0 radical (unpaired) electrons. The van der Waals surface area contributed by atoms with Gasteiger partial charge in [0.15, 0.2) is 5.17 Å². The van der Waals surface area contributed by atoms with Gasteiger partial charge in [0.1, 0.15) is 5.75 Å². The number of thioether (sulfide) groups is 2. The molecule has 0 spiro atoms. The van der Waals surface area contributed by atoms with E-state index in [4.69, 9.17) is 21.3 Å². The molecular weight excluding hydrogens is 522 g/mol. The Morgan fingerprint density at radius 3 is 2.41 bits per heavy atom. The van der Waals surface area contributed by atoms with E-state index in [0.717, 1.165) is 39.0 Å². The van der Waals surface area contributed by atoms with Crippen molar-refractivity contribution < 1.29 is 9.53 Å². The summed E-state index contributed by atoms with van der Waals surface area (Å²) < 4.78 is 5.45. The standard InChI is InChI=1S/C29H26ClN3O2S2/c1-4-32-24-16-15-20(35-3)17-25(24)36-26(32)18-21(19-11-7-6-8-12-19)27-28(34)33(5-2)29(37-27)31-23-14-10-9-13-22(23)30/h6-18H,4-5H2,1-3H3. The molecule has 1 saturated heterocycles. The maximum atomic E-state index is 13.7. The second-order valence-electron chi connectivity index (χ2n) is 8.27. The highest BCUT2D eigenvalue weighted by atomic mass is 35.5. The molecule has 2 aliphatic rings. The Morgan fingerprint density at radius 2 is 1.70 bits per heavy atom. The van der Waals surface area contributed by atoms with Crippen LogP contribution in [0.1, 0.15) is 19.4 Å². The zero-order chi connectivity index (χ0) is 25.9. The second-order valence-corrected chi connectivity index (χ2v) is 10.7. The molecule has 3 aromatic rings. The Balaban J connectivity index is 1.63. The van der Waals surface area contributed by atoms with Crippen LogP contribution in [0.2, 0.25) is 5.02 Å². The molecule has 0 unspecified atom stereocenters. The summed E-state index contributed by atoms with van der Waals surface area (Å²) in [6.07, 6.45) is 2.13. The number of nitrogens with zero attached hydrogens (tertiary/aromatic N) is 3. The van der Waals surface area contributed by atoms with Crippen molar-refractivity contribution in [1.82, 2.24) is 4.90 Å². The van der Waals surface area contributed by atoms with Crippen molar-refractivity contribution in [3.63, 3.8) is 0 Å². The summed E-state index contributed by atoms with van der Waals surface area (Å²) in [6, 6.07) is 23.6. The molecule has 1 fully saturated rings. The summed E-state index contributed by atoms with van der Waals surface area (Å²) in [7, 11) is 1.68.